The number of carboxylic acid groups (broad SMARTS) is 1. The van der Waals surface area contributed by atoms with Crippen LogP contribution in [0.2, 0.25) is 0 Å². The van der Waals surface area contributed by atoms with E-state index in [2.05, 4.69) is 11.8 Å². The van der Waals surface area contributed by atoms with Crippen molar-refractivity contribution < 1.29 is 19.4 Å². The Hall–Kier alpha value is -1.50. The molecule has 0 aliphatic carbocycles. The third-order valence-electron chi connectivity index (χ3n) is 2.37. The van der Waals surface area contributed by atoms with Crippen LogP contribution in [-0.4, -0.2) is 23.7 Å². The fourth-order valence-corrected chi connectivity index (χ4v) is 1.46. The van der Waals surface area contributed by atoms with Gasteiger partial charge in [-0.05, 0) is 12.8 Å². The first-order chi connectivity index (χ1) is 8.63. The van der Waals surface area contributed by atoms with Crippen molar-refractivity contribution in [3.8, 4) is 11.8 Å². The van der Waals surface area contributed by atoms with Crippen LogP contribution < -0.4 is 0 Å². The smallest absolute Gasteiger partial charge is 0.315 e. The lowest BCUT2D eigenvalue weighted by Gasteiger charge is -2.01. The molecule has 102 valence electrons. The number of carbonyl (C=O) groups is 2. The Bertz CT molecular complexity index is 299. The van der Waals surface area contributed by atoms with Gasteiger partial charge in [0.25, 0.3) is 0 Å². The lowest BCUT2D eigenvalue weighted by atomic mass is 10.1. The molecule has 0 heterocycles. The molecular weight excluding hydrogens is 232 g/mol. The first-order valence-corrected chi connectivity index (χ1v) is 6.44. The molecular formula is C14H22O4. The van der Waals surface area contributed by atoms with Crippen LogP contribution in [0.1, 0.15) is 58.3 Å². The molecule has 0 aromatic heterocycles. The molecule has 0 aromatic rings. The van der Waals surface area contributed by atoms with Crippen molar-refractivity contribution in [1.29, 1.82) is 0 Å². The third kappa shape index (κ3) is 14.5. The summed E-state index contributed by atoms with van der Waals surface area (Å²) in [6, 6.07) is 0. The minimum Gasteiger partial charge on any atom is -0.481 e. The van der Waals surface area contributed by atoms with E-state index in [1.165, 1.54) is 6.92 Å². The zero-order chi connectivity index (χ0) is 13.6. The highest BCUT2D eigenvalue weighted by Crippen LogP contribution is 2.06. The largest absolute Gasteiger partial charge is 0.481 e. The maximum Gasteiger partial charge on any atom is 0.315 e. The molecule has 0 aliphatic rings. The van der Waals surface area contributed by atoms with E-state index in [9.17, 15) is 9.59 Å². The standard InChI is InChI=1S/C14H22O4/c1-13(15)18-12-10-8-6-4-2-3-5-7-9-11-14(16)17/h2-6,8,10-12H2,1H3,(H,16,17). The summed E-state index contributed by atoms with van der Waals surface area (Å²) in [5.74, 6) is 4.39. The topological polar surface area (TPSA) is 63.6 Å². The number of carbonyl (C=O) groups excluding carboxylic acids is 1. The van der Waals surface area contributed by atoms with Crippen molar-refractivity contribution in [2.75, 3.05) is 6.61 Å². The first-order valence-electron chi connectivity index (χ1n) is 6.44. The second kappa shape index (κ2) is 12.0. The van der Waals surface area contributed by atoms with E-state index < -0.39 is 5.97 Å². The summed E-state index contributed by atoms with van der Waals surface area (Å²) in [5, 5.41) is 8.36. The van der Waals surface area contributed by atoms with E-state index in [4.69, 9.17) is 9.84 Å². The molecule has 0 rings (SSSR count). The van der Waals surface area contributed by atoms with Crippen LogP contribution in [0.15, 0.2) is 0 Å². The van der Waals surface area contributed by atoms with Crippen LogP contribution in [0, 0.1) is 11.8 Å². The average Bonchev–Trinajstić information content (AvgIpc) is 2.29. The number of carboxylic acids is 1. The van der Waals surface area contributed by atoms with Gasteiger partial charge >= 0.3 is 11.9 Å². The van der Waals surface area contributed by atoms with Crippen molar-refractivity contribution >= 4 is 11.9 Å². The fourth-order valence-electron chi connectivity index (χ4n) is 1.46. The second-order valence-corrected chi connectivity index (χ2v) is 4.14. The molecule has 0 saturated heterocycles. The van der Waals surface area contributed by atoms with Crippen LogP contribution >= 0.6 is 0 Å². The van der Waals surface area contributed by atoms with Crippen molar-refractivity contribution in [1.82, 2.24) is 0 Å². The van der Waals surface area contributed by atoms with E-state index in [1.807, 2.05) is 0 Å². The summed E-state index contributed by atoms with van der Waals surface area (Å²) in [7, 11) is 0. The van der Waals surface area contributed by atoms with Gasteiger partial charge in [-0.15, -0.1) is 5.92 Å². The van der Waals surface area contributed by atoms with Gasteiger partial charge in [-0.2, -0.15) is 0 Å². The molecule has 0 radical (unpaired) electrons. The molecule has 18 heavy (non-hydrogen) atoms. The van der Waals surface area contributed by atoms with Gasteiger partial charge in [0.2, 0.25) is 0 Å². The summed E-state index contributed by atoms with van der Waals surface area (Å²) in [5.41, 5.74) is 0. The highest BCUT2D eigenvalue weighted by atomic mass is 16.5. The molecule has 0 spiro atoms. The molecule has 0 atom stereocenters. The van der Waals surface area contributed by atoms with Crippen LogP contribution in [0.4, 0.5) is 0 Å². The number of hydrogen-bond donors (Lipinski definition) is 1. The van der Waals surface area contributed by atoms with Gasteiger partial charge in [0.15, 0.2) is 0 Å². The number of ether oxygens (including phenoxy) is 1. The van der Waals surface area contributed by atoms with Gasteiger partial charge in [0, 0.05) is 13.3 Å². The molecule has 4 nitrogen and oxygen atoms in total. The zero-order valence-corrected chi connectivity index (χ0v) is 11.0. The number of esters is 1. The summed E-state index contributed by atoms with van der Waals surface area (Å²) in [6.07, 6.45) is 7.17. The molecule has 0 saturated carbocycles. The van der Waals surface area contributed by atoms with Crippen molar-refractivity contribution in [2.24, 2.45) is 0 Å². The van der Waals surface area contributed by atoms with Crippen molar-refractivity contribution in [3.05, 3.63) is 0 Å². The Morgan fingerprint density at radius 1 is 1.00 bits per heavy atom. The Morgan fingerprint density at radius 2 is 1.61 bits per heavy atom. The normalized spacial score (nSPS) is 9.39. The third-order valence-corrected chi connectivity index (χ3v) is 2.37. The van der Waals surface area contributed by atoms with Gasteiger partial charge in [-0.25, -0.2) is 0 Å². The van der Waals surface area contributed by atoms with E-state index >= 15 is 0 Å². The molecule has 0 amide bonds. The molecule has 0 aromatic carbocycles. The number of hydrogen-bond acceptors (Lipinski definition) is 3. The Labute approximate surface area is 109 Å². The molecule has 4 heteroatoms. The SMILES string of the molecule is CC(=O)OCCCCCCCCC#CCC(=O)O. The van der Waals surface area contributed by atoms with Crippen LogP contribution in [0.3, 0.4) is 0 Å². The van der Waals surface area contributed by atoms with Crippen LogP contribution in [-0.2, 0) is 14.3 Å². The summed E-state index contributed by atoms with van der Waals surface area (Å²) in [6.45, 7) is 1.95. The summed E-state index contributed by atoms with van der Waals surface area (Å²) < 4.78 is 4.83. The predicted octanol–water partition coefficient (Wildman–Crippen LogP) is 2.76. The maximum absolute atomic E-state index is 10.5. The molecule has 0 unspecified atom stereocenters. The molecule has 0 bridgehead atoms. The van der Waals surface area contributed by atoms with Crippen molar-refractivity contribution in [3.63, 3.8) is 0 Å². The quantitative estimate of drug-likeness (QED) is 0.390. The number of aliphatic carboxylic acids is 1. The van der Waals surface area contributed by atoms with Gasteiger partial charge in [-0.3, -0.25) is 9.59 Å². The summed E-state index contributed by atoms with van der Waals surface area (Å²) >= 11 is 0. The first kappa shape index (κ1) is 16.5. The molecule has 1 N–H and O–H groups in total. The number of unbranched alkanes of at least 4 members (excludes halogenated alkanes) is 6. The van der Waals surface area contributed by atoms with E-state index in [0.717, 1.165) is 44.9 Å². The highest BCUT2D eigenvalue weighted by Gasteiger charge is 1.94. The highest BCUT2D eigenvalue weighted by molar-refractivity contribution is 5.69. The Kier molecular flexibility index (Phi) is 11.0. The van der Waals surface area contributed by atoms with E-state index in [0.29, 0.717) is 6.61 Å². The number of rotatable bonds is 9. The van der Waals surface area contributed by atoms with Gasteiger partial charge < -0.3 is 9.84 Å². The fraction of sp³-hybridized carbons (Fsp3) is 0.714. The Morgan fingerprint density at radius 3 is 2.22 bits per heavy atom. The minimum absolute atomic E-state index is 0.0594. The van der Waals surface area contributed by atoms with Crippen LogP contribution in [0.5, 0.6) is 0 Å². The lowest BCUT2D eigenvalue weighted by molar-refractivity contribution is -0.141. The maximum atomic E-state index is 10.5. The Balaban J connectivity index is 3.13. The van der Waals surface area contributed by atoms with E-state index in [1.54, 1.807) is 0 Å². The second-order valence-electron chi connectivity index (χ2n) is 4.14. The predicted molar refractivity (Wildman–Crippen MR) is 69.0 cm³/mol. The van der Waals surface area contributed by atoms with Crippen LogP contribution in [0.25, 0.3) is 0 Å². The summed E-state index contributed by atoms with van der Waals surface area (Å²) in [4.78, 5) is 20.6. The van der Waals surface area contributed by atoms with Gasteiger partial charge in [0.05, 0.1) is 6.61 Å². The molecule has 0 aliphatic heterocycles. The average molecular weight is 254 g/mol. The van der Waals surface area contributed by atoms with Gasteiger partial charge in [0.1, 0.15) is 6.42 Å². The zero-order valence-electron chi connectivity index (χ0n) is 11.0. The lowest BCUT2D eigenvalue weighted by Crippen LogP contribution is -1.99. The minimum atomic E-state index is -0.865. The van der Waals surface area contributed by atoms with Gasteiger partial charge in [-0.1, -0.05) is 31.6 Å². The van der Waals surface area contributed by atoms with E-state index in [-0.39, 0.29) is 12.4 Å². The monoisotopic (exact) mass is 254 g/mol. The van der Waals surface area contributed by atoms with Crippen molar-refractivity contribution in [2.45, 2.75) is 58.3 Å². The molecule has 0 fully saturated rings.